The number of nitrogens with two attached hydrogens (primary N) is 1. The quantitative estimate of drug-likeness (QED) is 0.420. The topological polar surface area (TPSA) is 55.6 Å². The molecule has 1 rings (SSSR count). The Hall–Kier alpha value is -0.870. The standard InChI is InChI=1S/C17H32N2O2/c1-4-6-7-8-9-11-15(5-2)16-12-10-13-19(14(3)20)17(16)21-18/h17H,4-13,18H2,1-3H3. The van der Waals surface area contributed by atoms with Crippen molar-refractivity contribution in [2.45, 2.75) is 84.8 Å². The van der Waals surface area contributed by atoms with Gasteiger partial charge in [0.15, 0.2) is 6.23 Å². The highest BCUT2D eigenvalue weighted by Crippen LogP contribution is 2.30. The van der Waals surface area contributed by atoms with Crippen molar-refractivity contribution in [3.8, 4) is 0 Å². The van der Waals surface area contributed by atoms with Crippen LogP contribution in [0, 0.1) is 0 Å². The highest BCUT2D eigenvalue weighted by molar-refractivity contribution is 5.74. The van der Waals surface area contributed by atoms with Gasteiger partial charge in [0.05, 0.1) is 0 Å². The van der Waals surface area contributed by atoms with Gasteiger partial charge in [-0.2, -0.15) is 0 Å². The third-order valence-electron chi connectivity index (χ3n) is 4.42. The highest BCUT2D eigenvalue weighted by atomic mass is 16.6. The number of amides is 1. The maximum Gasteiger partial charge on any atom is 0.221 e. The van der Waals surface area contributed by atoms with Crippen molar-refractivity contribution < 1.29 is 9.63 Å². The lowest BCUT2D eigenvalue weighted by Crippen LogP contribution is -2.47. The second-order valence-corrected chi connectivity index (χ2v) is 5.95. The predicted octanol–water partition coefficient (Wildman–Crippen LogP) is 3.91. The van der Waals surface area contributed by atoms with Gasteiger partial charge in [-0.25, -0.2) is 5.90 Å². The molecule has 0 radical (unpaired) electrons. The van der Waals surface area contributed by atoms with E-state index in [4.69, 9.17) is 10.7 Å². The van der Waals surface area contributed by atoms with Crippen LogP contribution in [-0.4, -0.2) is 23.6 Å². The smallest absolute Gasteiger partial charge is 0.221 e. The summed E-state index contributed by atoms with van der Waals surface area (Å²) in [5.41, 5.74) is 2.69. The molecule has 0 saturated carbocycles. The Morgan fingerprint density at radius 1 is 1.29 bits per heavy atom. The van der Waals surface area contributed by atoms with Crippen molar-refractivity contribution in [1.82, 2.24) is 4.90 Å². The summed E-state index contributed by atoms with van der Waals surface area (Å²) in [7, 11) is 0. The molecule has 1 saturated heterocycles. The number of allylic oxidation sites excluding steroid dienone is 1. The SMILES string of the molecule is CCCCCCCC(CC)=C1CCCN(C(C)=O)C1ON. The molecule has 4 nitrogen and oxygen atoms in total. The molecule has 21 heavy (non-hydrogen) atoms. The van der Waals surface area contributed by atoms with Gasteiger partial charge in [0, 0.05) is 13.5 Å². The summed E-state index contributed by atoms with van der Waals surface area (Å²) in [6.45, 7) is 6.76. The zero-order chi connectivity index (χ0) is 15.7. The molecule has 1 amide bonds. The van der Waals surface area contributed by atoms with E-state index in [9.17, 15) is 4.79 Å². The van der Waals surface area contributed by atoms with Crippen molar-refractivity contribution in [3.63, 3.8) is 0 Å². The third kappa shape index (κ3) is 5.44. The van der Waals surface area contributed by atoms with Crippen LogP contribution < -0.4 is 5.90 Å². The monoisotopic (exact) mass is 296 g/mol. The van der Waals surface area contributed by atoms with Crippen molar-refractivity contribution in [3.05, 3.63) is 11.1 Å². The molecule has 2 N–H and O–H groups in total. The van der Waals surface area contributed by atoms with Gasteiger partial charge in [-0.15, -0.1) is 0 Å². The van der Waals surface area contributed by atoms with Gasteiger partial charge in [-0.05, 0) is 37.7 Å². The summed E-state index contributed by atoms with van der Waals surface area (Å²) in [5, 5.41) is 0. The fourth-order valence-corrected chi connectivity index (χ4v) is 3.20. The first-order valence-electron chi connectivity index (χ1n) is 8.49. The fourth-order valence-electron chi connectivity index (χ4n) is 3.20. The second-order valence-electron chi connectivity index (χ2n) is 5.95. The first kappa shape index (κ1) is 18.2. The molecule has 122 valence electrons. The van der Waals surface area contributed by atoms with Crippen LogP contribution in [0.3, 0.4) is 0 Å². The van der Waals surface area contributed by atoms with Crippen LogP contribution >= 0.6 is 0 Å². The summed E-state index contributed by atoms with van der Waals surface area (Å²) in [4.78, 5) is 18.6. The Morgan fingerprint density at radius 2 is 2.00 bits per heavy atom. The Morgan fingerprint density at radius 3 is 2.57 bits per heavy atom. The minimum Gasteiger partial charge on any atom is -0.312 e. The van der Waals surface area contributed by atoms with E-state index in [2.05, 4.69) is 13.8 Å². The maximum atomic E-state index is 11.7. The van der Waals surface area contributed by atoms with Crippen molar-refractivity contribution in [2.75, 3.05) is 6.54 Å². The Kier molecular flexibility index (Phi) is 8.62. The zero-order valence-electron chi connectivity index (χ0n) is 14.0. The lowest BCUT2D eigenvalue weighted by Gasteiger charge is -2.36. The van der Waals surface area contributed by atoms with Crippen LogP contribution in [0.1, 0.15) is 78.6 Å². The average molecular weight is 296 g/mol. The van der Waals surface area contributed by atoms with Crippen molar-refractivity contribution >= 4 is 5.91 Å². The van der Waals surface area contributed by atoms with Gasteiger partial charge in [-0.1, -0.05) is 45.1 Å². The molecule has 1 heterocycles. The summed E-state index contributed by atoms with van der Waals surface area (Å²) in [6, 6.07) is 0. The van der Waals surface area contributed by atoms with Crippen molar-refractivity contribution in [2.24, 2.45) is 5.90 Å². The summed E-state index contributed by atoms with van der Waals surface area (Å²) < 4.78 is 0. The Labute approximate surface area is 129 Å². The van der Waals surface area contributed by atoms with E-state index >= 15 is 0 Å². The first-order chi connectivity index (χ1) is 10.2. The molecule has 0 spiro atoms. The Bertz CT molecular complexity index is 353. The molecule has 0 aromatic carbocycles. The van der Waals surface area contributed by atoms with Gasteiger partial charge in [-0.3, -0.25) is 9.63 Å². The predicted molar refractivity (Wildman–Crippen MR) is 86.4 cm³/mol. The molecule has 1 aliphatic heterocycles. The second kappa shape index (κ2) is 9.96. The van der Waals surface area contributed by atoms with Crippen molar-refractivity contribution in [1.29, 1.82) is 0 Å². The number of hydrogen-bond donors (Lipinski definition) is 1. The van der Waals surface area contributed by atoms with E-state index in [0.29, 0.717) is 0 Å². The number of unbranched alkanes of at least 4 members (excludes halogenated alkanes) is 4. The number of carbonyl (C=O) groups excluding carboxylic acids is 1. The molecule has 0 aliphatic carbocycles. The Balaban J connectivity index is 2.71. The highest BCUT2D eigenvalue weighted by Gasteiger charge is 2.30. The average Bonchev–Trinajstić information content (AvgIpc) is 2.50. The minimum absolute atomic E-state index is 0.0426. The van der Waals surface area contributed by atoms with Crippen LogP contribution in [0.5, 0.6) is 0 Å². The lowest BCUT2D eigenvalue weighted by atomic mass is 9.92. The van der Waals surface area contributed by atoms with Gasteiger partial charge in [0.25, 0.3) is 0 Å². The summed E-state index contributed by atoms with van der Waals surface area (Å²) in [6.07, 6.45) is 10.2. The molecular weight excluding hydrogens is 264 g/mol. The van der Waals surface area contributed by atoms with E-state index in [0.717, 1.165) is 32.2 Å². The number of carbonyl (C=O) groups is 1. The molecule has 0 aromatic heterocycles. The summed E-state index contributed by atoms with van der Waals surface area (Å²) >= 11 is 0. The molecule has 1 unspecified atom stereocenters. The van der Waals surface area contributed by atoms with Gasteiger partial charge in [0.1, 0.15) is 0 Å². The number of piperidine rings is 1. The molecule has 1 aliphatic rings. The maximum absolute atomic E-state index is 11.7. The molecule has 0 bridgehead atoms. The molecule has 0 aromatic rings. The minimum atomic E-state index is -0.346. The number of hydrogen-bond acceptors (Lipinski definition) is 3. The summed E-state index contributed by atoms with van der Waals surface area (Å²) in [5.74, 6) is 5.52. The third-order valence-corrected chi connectivity index (χ3v) is 4.42. The van der Waals surface area contributed by atoms with E-state index in [1.54, 1.807) is 11.8 Å². The van der Waals surface area contributed by atoms with Crippen LogP contribution in [0.15, 0.2) is 11.1 Å². The molecular formula is C17H32N2O2. The zero-order valence-corrected chi connectivity index (χ0v) is 14.0. The molecule has 1 atom stereocenters. The van der Waals surface area contributed by atoms with Crippen LogP contribution in [0.2, 0.25) is 0 Å². The van der Waals surface area contributed by atoms with Crippen LogP contribution in [0.25, 0.3) is 0 Å². The largest absolute Gasteiger partial charge is 0.312 e. The van der Waals surface area contributed by atoms with E-state index in [1.807, 2.05) is 0 Å². The first-order valence-corrected chi connectivity index (χ1v) is 8.49. The molecule has 4 heteroatoms. The molecule has 1 fully saturated rings. The van der Waals surface area contributed by atoms with Gasteiger partial charge < -0.3 is 4.90 Å². The van der Waals surface area contributed by atoms with Crippen LogP contribution in [-0.2, 0) is 9.63 Å². The van der Waals surface area contributed by atoms with Gasteiger partial charge in [0.2, 0.25) is 5.91 Å². The van der Waals surface area contributed by atoms with E-state index in [1.165, 1.54) is 43.3 Å². The van der Waals surface area contributed by atoms with E-state index in [-0.39, 0.29) is 12.1 Å². The van der Waals surface area contributed by atoms with Crippen LogP contribution in [0.4, 0.5) is 0 Å². The fraction of sp³-hybridized carbons (Fsp3) is 0.824. The lowest BCUT2D eigenvalue weighted by molar-refractivity contribution is -0.143. The normalized spacial score (nSPS) is 21.5. The number of rotatable bonds is 8. The number of nitrogens with zero attached hydrogens (tertiary/aromatic N) is 1. The van der Waals surface area contributed by atoms with E-state index < -0.39 is 0 Å². The van der Waals surface area contributed by atoms with Gasteiger partial charge >= 0.3 is 0 Å². The number of likely N-dealkylation sites (tertiary alicyclic amines) is 1.